The smallest absolute Gasteiger partial charge is 0.277 e. The standard InChI is InChI=1S/C26H28N3O6Si/c1-36(2)35-13-5-7-19-12-11-18-10-9-17-6-3-4-8-23(17)24(18)25(19)27-26(30)20-14-21(28(31)32)16-22(15-20)29(33)34/h3-4,6,8-10,14-16,19,25H,5,7,11-13H2,1-2H3,(H,27,30)/t19-,25-/m0/s1. The molecular weight excluding hydrogens is 478 g/mol. The molecule has 36 heavy (non-hydrogen) atoms. The third-order valence-corrected chi connectivity index (χ3v) is 7.39. The number of benzene rings is 3. The van der Waals surface area contributed by atoms with E-state index in [-0.39, 0.29) is 17.5 Å². The second-order valence-electron chi connectivity index (χ2n) is 9.26. The van der Waals surface area contributed by atoms with Crippen LogP contribution in [0.3, 0.4) is 0 Å². The molecule has 0 spiro atoms. The molecule has 1 aliphatic rings. The van der Waals surface area contributed by atoms with Crippen molar-refractivity contribution in [2.45, 2.75) is 44.8 Å². The SMILES string of the molecule is C[Si](C)OCCC[C@H]1CCc2ccc3ccccc3c2[C@H]1NC(=O)c1cc([N+](=O)[O-])cc([N+](=O)[O-])c1. The minimum Gasteiger partial charge on any atom is -0.417 e. The van der Waals surface area contributed by atoms with Gasteiger partial charge >= 0.3 is 0 Å². The van der Waals surface area contributed by atoms with E-state index in [1.165, 1.54) is 0 Å². The van der Waals surface area contributed by atoms with Crippen LogP contribution in [0.4, 0.5) is 11.4 Å². The number of aryl methyl sites for hydroxylation is 1. The molecule has 3 aromatic rings. The molecule has 0 bridgehead atoms. The van der Waals surface area contributed by atoms with Gasteiger partial charge in [0.05, 0.1) is 27.5 Å². The molecule has 10 heteroatoms. The van der Waals surface area contributed by atoms with Crippen molar-refractivity contribution in [1.29, 1.82) is 0 Å². The second kappa shape index (κ2) is 11.0. The van der Waals surface area contributed by atoms with Gasteiger partial charge < -0.3 is 9.74 Å². The van der Waals surface area contributed by atoms with Gasteiger partial charge in [0.25, 0.3) is 17.3 Å². The number of amides is 1. The van der Waals surface area contributed by atoms with E-state index in [9.17, 15) is 25.0 Å². The van der Waals surface area contributed by atoms with Gasteiger partial charge in [-0.05, 0) is 66.6 Å². The zero-order valence-corrected chi connectivity index (χ0v) is 21.2. The monoisotopic (exact) mass is 506 g/mol. The Morgan fingerprint density at radius 2 is 1.75 bits per heavy atom. The zero-order valence-electron chi connectivity index (χ0n) is 20.2. The lowest BCUT2D eigenvalue weighted by Gasteiger charge is -2.35. The van der Waals surface area contributed by atoms with E-state index in [1.54, 1.807) is 0 Å². The highest BCUT2D eigenvalue weighted by atomic mass is 28.3. The average molecular weight is 507 g/mol. The van der Waals surface area contributed by atoms with Gasteiger partial charge in [0.15, 0.2) is 0 Å². The van der Waals surface area contributed by atoms with Gasteiger partial charge in [0, 0.05) is 18.7 Å². The van der Waals surface area contributed by atoms with Gasteiger partial charge in [0.1, 0.15) is 0 Å². The molecule has 0 unspecified atom stereocenters. The van der Waals surface area contributed by atoms with Crippen LogP contribution in [-0.4, -0.2) is 31.4 Å². The van der Waals surface area contributed by atoms with E-state index in [4.69, 9.17) is 4.43 Å². The lowest BCUT2D eigenvalue weighted by molar-refractivity contribution is -0.394. The molecule has 0 aromatic heterocycles. The molecule has 1 aliphatic carbocycles. The van der Waals surface area contributed by atoms with Crippen molar-refractivity contribution in [3.63, 3.8) is 0 Å². The minimum absolute atomic E-state index is 0.102. The van der Waals surface area contributed by atoms with Crippen LogP contribution in [0, 0.1) is 26.1 Å². The van der Waals surface area contributed by atoms with Crippen LogP contribution in [-0.2, 0) is 10.8 Å². The maximum Gasteiger partial charge on any atom is 0.277 e. The van der Waals surface area contributed by atoms with E-state index in [2.05, 4.69) is 30.5 Å². The predicted octanol–water partition coefficient (Wildman–Crippen LogP) is 5.74. The molecule has 1 N–H and O–H groups in total. The Morgan fingerprint density at radius 3 is 2.42 bits per heavy atom. The quantitative estimate of drug-likeness (QED) is 0.171. The first kappa shape index (κ1) is 25.5. The van der Waals surface area contributed by atoms with Crippen LogP contribution < -0.4 is 5.32 Å². The third-order valence-electron chi connectivity index (χ3n) is 6.61. The fourth-order valence-electron chi connectivity index (χ4n) is 4.95. The average Bonchev–Trinajstić information content (AvgIpc) is 2.86. The molecule has 4 rings (SSSR count). The van der Waals surface area contributed by atoms with Gasteiger partial charge in [-0.15, -0.1) is 0 Å². The van der Waals surface area contributed by atoms with Crippen molar-refractivity contribution in [1.82, 2.24) is 5.32 Å². The third kappa shape index (κ3) is 5.60. The number of carbonyl (C=O) groups is 1. The Labute approximate surface area is 210 Å². The summed E-state index contributed by atoms with van der Waals surface area (Å²) in [5, 5.41) is 27.9. The summed E-state index contributed by atoms with van der Waals surface area (Å²) in [6, 6.07) is 14.9. The maximum absolute atomic E-state index is 13.4. The number of nitrogens with one attached hydrogen (secondary N) is 1. The Morgan fingerprint density at radius 1 is 1.06 bits per heavy atom. The largest absolute Gasteiger partial charge is 0.417 e. The number of hydrogen-bond donors (Lipinski definition) is 1. The molecule has 9 nitrogen and oxygen atoms in total. The summed E-state index contributed by atoms with van der Waals surface area (Å²) in [5.41, 5.74) is 1.12. The first-order chi connectivity index (χ1) is 17.2. The van der Waals surface area contributed by atoms with Gasteiger partial charge in [-0.3, -0.25) is 25.0 Å². The highest BCUT2D eigenvalue weighted by Gasteiger charge is 2.33. The van der Waals surface area contributed by atoms with Crippen molar-refractivity contribution in [2.24, 2.45) is 5.92 Å². The molecule has 0 fully saturated rings. The predicted molar refractivity (Wildman–Crippen MR) is 138 cm³/mol. The summed E-state index contributed by atoms with van der Waals surface area (Å²) >= 11 is 0. The topological polar surface area (TPSA) is 125 Å². The number of hydrogen-bond acceptors (Lipinski definition) is 6. The number of nitro benzene ring substituents is 2. The van der Waals surface area contributed by atoms with Crippen LogP contribution in [0.1, 0.15) is 46.8 Å². The summed E-state index contributed by atoms with van der Waals surface area (Å²) in [6.45, 7) is 4.85. The minimum atomic E-state index is -0.783. The highest BCUT2D eigenvalue weighted by Crippen LogP contribution is 2.41. The summed E-state index contributed by atoms with van der Waals surface area (Å²) < 4.78 is 5.82. The number of carbonyl (C=O) groups excluding carboxylic acids is 1. The van der Waals surface area contributed by atoms with Crippen LogP contribution >= 0.6 is 0 Å². The van der Waals surface area contributed by atoms with Crippen molar-refractivity contribution < 1.29 is 19.1 Å². The van der Waals surface area contributed by atoms with Crippen molar-refractivity contribution in [2.75, 3.05) is 6.61 Å². The Kier molecular flexibility index (Phi) is 7.75. The maximum atomic E-state index is 13.4. The van der Waals surface area contributed by atoms with Crippen LogP contribution in [0.25, 0.3) is 10.8 Å². The van der Waals surface area contributed by atoms with Crippen molar-refractivity contribution >= 4 is 37.1 Å². The number of non-ortho nitro benzene ring substituents is 2. The van der Waals surface area contributed by atoms with E-state index >= 15 is 0 Å². The molecule has 1 radical (unpaired) electrons. The van der Waals surface area contributed by atoms with Crippen LogP contribution in [0.5, 0.6) is 0 Å². The normalized spacial score (nSPS) is 17.1. The molecule has 1 amide bonds. The first-order valence-corrected chi connectivity index (χ1v) is 14.3. The molecule has 2 atom stereocenters. The highest BCUT2D eigenvalue weighted by molar-refractivity contribution is 6.48. The van der Waals surface area contributed by atoms with E-state index in [0.29, 0.717) is 6.61 Å². The van der Waals surface area contributed by atoms with Gasteiger partial charge in [0.2, 0.25) is 9.04 Å². The summed E-state index contributed by atoms with van der Waals surface area (Å²) in [4.78, 5) is 34.6. The lowest BCUT2D eigenvalue weighted by Crippen LogP contribution is -2.37. The molecule has 0 heterocycles. The van der Waals surface area contributed by atoms with E-state index in [0.717, 1.165) is 65.8 Å². The van der Waals surface area contributed by atoms with Crippen LogP contribution in [0.2, 0.25) is 13.1 Å². The summed E-state index contributed by atoms with van der Waals surface area (Å²) in [6.07, 6.45) is 3.46. The Balaban J connectivity index is 1.70. The first-order valence-electron chi connectivity index (χ1n) is 11.9. The lowest BCUT2D eigenvalue weighted by atomic mass is 9.75. The van der Waals surface area contributed by atoms with Crippen LogP contribution in [0.15, 0.2) is 54.6 Å². The van der Waals surface area contributed by atoms with Gasteiger partial charge in [-0.2, -0.15) is 0 Å². The summed E-state index contributed by atoms with van der Waals surface area (Å²) in [7, 11) is -0.783. The molecule has 0 saturated heterocycles. The Bertz CT molecular complexity index is 1280. The number of fused-ring (bicyclic) bond motifs is 3. The number of nitro groups is 2. The molecule has 187 valence electrons. The summed E-state index contributed by atoms with van der Waals surface area (Å²) in [5.74, 6) is -0.435. The molecular formula is C26H28N3O6Si. The van der Waals surface area contributed by atoms with Gasteiger partial charge in [-0.1, -0.05) is 36.4 Å². The van der Waals surface area contributed by atoms with E-state index in [1.807, 2.05) is 24.3 Å². The number of nitrogens with zero attached hydrogens (tertiary/aromatic N) is 2. The molecule has 0 saturated carbocycles. The fourth-order valence-corrected chi connectivity index (χ4v) is 5.51. The molecule has 0 aliphatic heterocycles. The number of rotatable bonds is 9. The molecule has 3 aromatic carbocycles. The second-order valence-corrected chi connectivity index (χ2v) is 11.4. The fraction of sp³-hybridized carbons (Fsp3) is 0.346. The van der Waals surface area contributed by atoms with Crippen molar-refractivity contribution in [3.05, 3.63) is 91.5 Å². The van der Waals surface area contributed by atoms with Gasteiger partial charge in [-0.25, -0.2) is 0 Å². The Hall–Kier alpha value is -3.63. The van der Waals surface area contributed by atoms with Crippen molar-refractivity contribution in [3.8, 4) is 0 Å². The zero-order chi connectivity index (χ0) is 25.8. The van der Waals surface area contributed by atoms with E-state index < -0.39 is 36.2 Å².